The first-order chi connectivity index (χ1) is 8.12. The first-order valence-corrected chi connectivity index (χ1v) is 6.45. The van der Waals surface area contributed by atoms with Gasteiger partial charge in [-0.25, -0.2) is 8.78 Å². The second kappa shape index (κ2) is 7.24. The number of rotatable bonds is 7. The highest BCUT2D eigenvalue weighted by molar-refractivity contribution is 4.92. The van der Waals surface area contributed by atoms with Crippen LogP contribution in [0.2, 0.25) is 0 Å². The molecule has 1 heterocycles. The Morgan fingerprint density at radius 3 is 2.65 bits per heavy atom. The van der Waals surface area contributed by atoms with E-state index in [9.17, 15) is 8.78 Å². The van der Waals surface area contributed by atoms with Gasteiger partial charge in [0.2, 0.25) is 0 Å². The molecule has 0 bridgehead atoms. The molecular formula is C12H24F2N2O. The number of piperazine rings is 1. The van der Waals surface area contributed by atoms with E-state index in [-0.39, 0.29) is 5.54 Å². The summed E-state index contributed by atoms with van der Waals surface area (Å²) in [6.45, 7) is 8.00. The monoisotopic (exact) mass is 250 g/mol. The molecule has 0 aliphatic carbocycles. The predicted octanol–water partition coefficient (Wildman–Crippen LogP) is 1.73. The summed E-state index contributed by atoms with van der Waals surface area (Å²) in [4.78, 5) is 2.30. The van der Waals surface area contributed by atoms with Crippen molar-refractivity contribution in [2.45, 2.75) is 38.7 Å². The molecule has 0 aromatic rings. The lowest BCUT2D eigenvalue weighted by Gasteiger charge is -2.43. The van der Waals surface area contributed by atoms with Gasteiger partial charge < -0.3 is 10.1 Å². The van der Waals surface area contributed by atoms with Gasteiger partial charge in [-0.05, 0) is 12.8 Å². The Morgan fingerprint density at radius 1 is 1.35 bits per heavy atom. The molecule has 1 aliphatic rings. The van der Waals surface area contributed by atoms with Crippen LogP contribution in [-0.2, 0) is 4.74 Å². The van der Waals surface area contributed by atoms with Crippen LogP contribution >= 0.6 is 0 Å². The van der Waals surface area contributed by atoms with E-state index in [0.29, 0.717) is 6.61 Å². The van der Waals surface area contributed by atoms with E-state index in [1.807, 2.05) is 0 Å². The van der Waals surface area contributed by atoms with E-state index < -0.39 is 13.0 Å². The van der Waals surface area contributed by atoms with Gasteiger partial charge in [-0.3, -0.25) is 4.90 Å². The van der Waals surface area contributed by atoms with Crippen molar-refractivity contribution in [2.75, 3.05) is 39.4 Å². The SMILES string of the molecule is CCC1(CC)CN(CCOCC(F)F)CCN1. The largest absolute Gasteiger partial charge is 0.374 e. The molecular weight excluding hydrogens is 226 g/mol. The van der Waals surface area contributed by atoms with Gasteiger partial charge in [-0.2, -0.15) is 0 Å². The maximum atomic E-state index is 11.9. The van der Waals surface area contributed by atoms with Crippen LogP contribution in [0.3, 0.4) is 0 Å². The van der Waals surface area contributed by atoms with Crippen LogP contribution in [0.1, 0.15) is 26.7 Å². The molecule has 3 nitrogen and oxygen atoms in total. The summed E-state index contributed by atoms with van der Waals surface area (Å²) >= 11 is 0. The summed E-state index contributed by atoms with van der Waals surface area (Å²) in [5.74, 6) is 0. The Kier molecular flexibility index (Phi) is 6.30. The zero-order valence-electron chi connectivity index (χ0n) is 10.8. The van der Waals surface area contributed by atoms with Gasteiger partial charge in [0, 0.05) is 31.7 Å². The van der Waals surface area contributed by atoms with Crippen molar-refractivity contribution in [2.24, 2.45) is 0 Å². The first-order valence-electron chi connectivity index (χ1n) is 6.45. The van der Waals surface area contributed by atoms with Crippen molar-refractivity contribution >= 4 is 0 Å². The third-order valence-corrected chi connectivity index (χ3v) is 3.60. The Morgan fingerprint density at radius 2 is 2.06 bits per heavy atom. The summed E-state index contributed by atoms with van der Waals surface area (Å²) in [5, 5.41) is 3.57. The van der Waals surface area contributed by atoms with Gasteiger partial charge in [0.05, 0.1) is 6.61 Å². The fourth-order valence-electron chi connectivity index (χ4n) is 2.32. The maximum Gasteiger partial charge on any atom is 0.261 e. The van der Waals surface area contributed by atoms with Gasteiger partial charge in [0.1, 0.15) is 6.61 Å². The number of nitrogens with zero attached hydrogens (tertiary/aromatic N) is 1. The molecule has 0 aromatic carbocycles. The molecule has 1 fully saturated rings. The van der Waals surface area contributed by atoms with Crippen molar-refractivity contribution < 1.29 is 13.5 Å². The van der Waals surface area contributed by atoms with Crippen LogP contribution in [0.25, 0.3) is 0 Å². The fraction of sp³-hybridized carbons (Fsp3) is 1.00. The number of hydrogen-bond donors (Lipinski definition) is 1. The highest BCUT2D eigenvalue weighted by atomic mass is 19.3. The van der Waals surface area contributed by atoms with E-state index in [0.717, 1.165) is 39.0 Å². The van der Waals surface area contributed by atoms with Gasteiger partial charge in [0.15, 0.2) is 0 Å². The van der Waals surface area contributed by atoms with Crippen molar-refractivity contribution in [1.29, 1.82) is 0 Å². The summed E-state index contributed by atoms with van der Waals surface area (Å²) in [7, 11) is 0. The van der Waals surface area contributed by atoms with Crippen LogP contribution in [0.15, 0.2) is 0 Å². The Balaban J connectivity index is 2.25. The zero-order valence-corrected chi connectivity index (χ0v) is 10.8. The molecule has 0 unspecified atom stereocenters. The molecule has 1 rings (SSSR count). The minimum atomic E-state index is -2.36. The minimum absolute atomic E-state index is 0.195. The van der Waals surface area contributed by atoms with E-state index in [1.165, 1.54) is 0 Å². The third-order valence-electron chi connectivity index (χ3n) is 3.60. The van der Waals surface area contributed by atoms with Crippen LogP contribution in [-0.4, -0.2) is 56.3 Å². The molecule has 1 saturated heterocycles. The Labute approximate surface area is 103 Å². The molecule has 0 amide bonds. The molecule has 0 saturated carbocycles. The second-order valence-corrected chi connectivity index (χ2v) is 4.66. The standard InChI is InChI=1S/C12H24F2N2O/c1-3-12(4-2)10-16(6-5-15-12)7-8-17-9-11(13)14/h11,15H,3-10H2,1-2H3. The molecule has 1 N–H and O–H groups in total. The number of nitrogens with one attached hydrogen (secondary N) is 1. The molecule has 0 spiro atoms. The normalized spacial score (nSPS) is 21.0. The van der Waals surface area contributed by atoms with E-state index in [4.69, 9.17) is 4.74 Å². The van der Waals surface area contributed by atoms with E-state index in [2.05, 4.69) is 24.1 Å². The number of halogens is 2. The highest BCUT2D eigenvalue weighted by Gasteiger charge is 2.31. The van der Waals surface area contributed by atoms with Crippen molar-refractivity contribution in [3.63, 3.8) is 0 Å². The van der Waals surface area contributed by atoms with E-state index >= 15 is 0 Å². The molecule has 1 aliphatic heterocycles. The van der Waals surface area contributed by atoms with Crippen LogP contribution in [0.4, 0.5) is 8.78 Å². The Bertz CT molecular complexity index is 211. The summed E-state index contributed by atoms with van der Waals surface area (Å²) < 4.78 is 28.7. The van der Waals surface area contributed by atoms with Gasteiger partial charge in [-0.15, -0.1) is 0 Å². The lowest BCUT2D eigenvalue weighted by molar-refractivity contribution is 0.00372. The van der Waals surface area contributed by atoms with Gasteiger partial charge >= 0.3 is 0 Å². The third kappa shape index (κ3) is 4.85. The molecule has 5 heteroatoms. The predicted molar refractivity (Wildman–Crippen MR) is 64.6 cm³/mol. The first kappa shape index (κ1) is 14.8. The van der Waals surface area contributed by atoms with Crippen LogP contribution in [0, 0.1) is 0 Å². The smallest absolute Gasteiger partial charge is 0.261 e. The molecule has 102 valence electrons. The summed E-state index contributed by atoms with van der Waals surface area (Å²) in [6, 6.07) is 0. The van der Waals surface area contributed by atoms with Gasteiger partial charge in [0.25, 0.3) is 6.43 Å². The number of hydrogen-bond acceptors (Lipinski definition) is 3. The minimum Gasteiger partial charge on any atom is -0.374 e. The molecule has 0 radical (unpaired) electrons. The quantitative estimate of drug-likeness (QED) is 0.696. The zero-order chi connectivity index (χ0) is 12.7. The summed E-state index contributed by atoms with van der Waals surface area (Å²) in [5.41, 5.74) is 0.195. The maximum absolute atomic E-state index is 11.9. The average Bonchev–Trinajstić information content (AvgIpc) is 2.34. The topological polar surface area (TPSA) is 24.5 Å². The number of ether oxygens (including phenoxy) is 1. The summed E-state index contributed by atoms with van der Waals surface area (Å²) in [6.07, 6.45) is -0.168. The second-order valence-electron chi connectivity index (χ2n) is 4.66. The van der Waals surface area contributed by atoms with Crippen molar-refractivity contribution in [1.82, 2.24) is 10.2 Å². The van der Waals surface area contributed by atoms with Crippen molar-refractivity contribution in [3.05, 3.63) is 0 Å². The van der Waals surface area contributed by atoms with Gasteiger partial charge in [-0.1, -0.05) is 13.8 Å². The van der Waals surface area contributed by atoms with Crippen LogP contribution in [0.5, 0.6) is 0 Å². The average molecular weight is 250 g/mol. The molecule has 17 heavy (non-hydrogen) atoms. The fourth-order valence-corrected chi connectivity index (χ4v) is 2.32. The van der Waals surface area contributed by atoms with Crippen molar-refractivity contribution in [3.8, 4) is 0 Å². The number of alkyl halides is 2. The highest BCUT2D eigenvalue weighted by Crippen LogP contribution is 2.19. The molecule has 0 aromatic heterocycles. The lowest BCUT2D eigenvalue weighted by atomic mass is 9.90. The molecule has 0 atom stereocenters. The lowest BCUT2D eigenvalue weighted by Crippen LogP contribution is -2.60. The Hall–Kier alpha value is -0.260. The van der Waals surface area contributed by atoms with E-state index in [1.54, 1.807) is 0 Å². The van der Waals surface area contributed by atoms with Crippen LogP contribution < -0.4 is 5.32 Å².